The summed E-state index contributed by atoms with van der Waals surface area (Å²) in [5, 5.41) is 13.9. The third kappa shape index (κ3) is 4.51. The van der Waals surface area contributed by atoms with Crippen molar-refractivity contribution in [3.8, 4) is 0 Å². The van der Waals surface area contributed by atoms with E-state index < -0.39 is 4.92 Å². The Morgan fingerprint density at radius 3 is 2.39 bits per heavy atom. The van der Waals surface area contributed by atoms with Crippen molar-refractivity contribution in [1.82, 2.24) is 0 Å². The second kappa shape index (κ2) is 7.08. The summed E-state index contributed by atoms with van der Waals surface area (Å²) >= 11 is 0. The van der Waals surface area contributed by atoms with Gasteiger partial charge < -0.3 is 10.2 Å². The predicted octanol–water partition coefficient (Wildman–Crippen LogP) is 1.71. The number of amides is 1. The molecule has 0 aliphatic carbocycles. The van der Waals surface area contributed by atoms with Crippen LogP contribution in [0, 0.1) is 35.8 Å². The smallest absolute Gasteiger partial charge is 0.293 e. The second-order valence-electron chi connectivity index (χ2n) is 7.04. The number of piperidine rings is 1. The lowest BCUT2D eigenvalue weighted by Gasteiger charge is -2.31. The lowest BCUT2D eigenvalue weighted by atomic mass is 9.92. The summed E-state index contributed by atoms with van der Waals surface area (Å²) in [6.45, 7) is 10.4. The van der Waals surface area contributed by atoms with E-state index in [9.17, 15) is 14.9 Å². The highest BCUT2D eigenvalue weighted by Gasteiger charge is 2.27. The van der Waals surface area contributed by atoms with Gasteiger partial charge in [0.2, 0.25) is 0 Å². The predicted molar refractivity (Wildman–Crippen MR) is 89.7 cm³/mol. The molecule has 6 nitrogen and oxygen atoms in total. The zero-order chi connectivity index (χ0) is 17.1. The minimum Gasteiger partial charge on any atom is -0.327 e. The fourth-order valence-corrected chi connectivity index (χ4v) is 3.54. The van der Waals surface area contributed by atoms with Gasteiger partial charge in [0.15, 0.2) is 6.54 Å². The maximum Gasteiger partial charge on any atom is 0.293 e. The van der Waals surface area contributed by atoms with Gasteiger partial charge in [0.25, 0.3) is 11.6 Å². The maximum absolute atomic E-state index is 12.3. The van der Waals surface area contributed by atoms with Gasteiger partial charge in [0, 0.05) is 17.9 Å². The van der Waals surface area contributed by atoms with Crippen LogP contribution in [0.5, 0.6) is 0 Å². The molecule has 0 bridgehead atoms. The molecule has 0 saturated carbocycles. The number of carbonyl (C=O) groups excluding carboxylic acids is 1. The maximum atomic E-state index is 12.3. The van der Waals surface area contributed by atoms with E-state index in [1.807, 2.05) is 13.8 Å². The molecule has 1 heterocycles. The van der Waals surface area contributed by atoms with Crippen molar-refractivity contribution in [1.29, 1.82) is 0 Å². The number of benzene rings is 1. The normalized spacial score (nSPS) is 24.3. The molecule has 1 fully saturated rings. The van der Waals surface area contributed by atoms with Gasteiger partial charge >= 0.3 is 0 Å². The van der Waals surface area contributed by atoms with E-state index in [4.69, 9.17) is 0 Å². The van der Waals surface area contributed by atoms with E-state index >= 15 is 0 Å². The number of likely N-dealkylation sites (tertiary alicyclic amines) is 1. The molecule has 1 aromatic rings. The molecule has 6 heteroatoms. The highest BCUT2D eigenvalue weighted by atomic mass is 16.6. The summed E-state index contributed by atoms with van der Waals surface area (Å²) in [7, 11) is 0. The van der Waals surface area contributed by atoms with E-state index in [-0.39, 0.29) is 11.6 Å². The summed E-state index contributed by atoms with van der Waals surface area (Å²) in [5.74, 6) is 1.06. The molecule has 0 spiro atoms. The van der Waals surface area contributed by atoms with Crippen LogP contribution < -0.4 is 10.2 Å². The number of nitro groups is 1. The Morgan fingerprint density at radius 2 is 1.83 bits per heavy atom. The average Bonchev–Trinajstić information content (AvgIpc) is 2.40. The highest BCUT2D eigenvalue weighted by Crippen LogP contribution is 2.27. The minimum absolute atomic E-state index is 0.0446. The van der Waals surface area contributed by atoms with Crippen molar-refractivity contribution in [2.24, 2.45) is 11.8 Å². The second-order valence-corrected chi connectivity index (χ2v) is 7.04. The quantitative estimate of drug-likeness (QED) is 0.655. The standard InChI is InChI=1S/C17H25N3O3/c1-11-5-12(2)9-19(8-11)10-17(21)18-15-6-13(3)14(4)7-16(15)20(22)23/h6-7,11-12H,5,8-10H2,1-4H3,(H,18,21)/p+1/t11-,12-/m1/s1. The number of hydrogen-bond acceptors (Lipinski definition) is 3. The molecular weight excluding hydrogens is 294 g/mol. The summed E-state index contributed by atoms with van der Waals surface area (Å²) in [6, 6.07) is 3.20. The molecule has 0 radical (unpaired) electrons. The zero-order valence-electron chi connectivity index (χ0n) is 14.3. The summed E-state index contributed by atoms with van der Waals surface area (Å²) < 4.78 is 0. The van der Waals surface area contributed by atoms with Crippen molar-refractivity contribution in [2.45, 2.75) is 34.1 Å². The molecule has 1 aliphatic rings. The average molecular weight is 320 g/mol. The molecule has 0 unspecified atom stereocenters. The lowest BCUT2D eigenvalue weighted by Crippen LogP contribution is -3.15. The topological polar surface area (TPSA) is 76.7 Å². The summed E-state index contributed by atoms with van der Waals surface area (Å²) in [5.41, 5.74) is 2.02. The fourth-order valence-electron chi connectivity index (χ4n) is 3.54. The first kappa shape index (κ1) is 17.4. The van der Waals surface area contributed by atoms with Crippen LogP contribution in [-0.2, 0) is 4.79 Å². The van der Waals surface area contributed by atoms with Crippen LogP contribution in [0.15, 0.2) is 12.1 Å². The van der Waals surface area contributed by atoms with E-state index in [1.54, 1.807) is 6.07 Å². The summed E-state index contributed by atoms with van der Waals surface area (Å²) in [4.78, 5) is 24.3. The van der Waals surface area contributed by atoms with Crippen LogP contribution in [0.4, 0.5) is 11.4 Å². The van der Waals surface area contributed by atoms with Crippen molar-refractivity contribution in [3.63, 3.8) is 0 Å². The van der Waals surface area contributed by atoms with E-state index in [0.29, 0.717) is 24.1 Å². The zero-order valence-corrected chi connectivity index (χ0v) is 14.3. The first-order chi connectivity index (χ1) is 10.8. The van der Waals surface area contributed by atoms with Crippen molar-refractivity contribution < 1.29 is 14.6 Å². The van der Waals surface area contributed by atoms with Gasteiger partial charge in [-0.1, -0.05) is 13.8 Å². The Labute approximate surface area is 137 Å². The van der Waals surface area contributed by atoms with Gasteiger partial charge in [-0.05, 0) is 37.5 Å². The number of quaternary nitrogens is 1. The number of nitro benzene ring substituents is 1. The van der Waals surface area contributed by atoms with Crippen LogP contribution in [-0.4, -0.2) is 30.5 Å². The fraction of sp³-hybridized carbons (Fsp3) is 0.588. The van der Waals surface area contributed by atoms with Gasteiger partial charge in [-0.25, -0.2) is 0 Å². The Morgan fingerprint density at radius 1 is 1.26 bits per heavy atom. The number of nitrogens with one attached hydrogen (secondary N) is 2. The minimum atomic E-state index is -0.444. The Balaban J connectivity index is 2.08. The number of nitrogens with zero attached hydrogens (tertiary/aromatic N) is 1. The first-order valence-corrected chi connectivity index (χ1v) is 8.15. The molecule has 1 saturated heterocycles. The van der Waals surface area contributed by atoms with Crippen LogP contribution >= 0.6 is 0 Å². The van der Waals surface area contributed by atoms with Gasteiger partial charge in [0.1, 0.15) is 5.69 Å². The molecule has 2 N–H and O–H groups in total. The molecule has 1 aliphatic heterocycles. The Hall–Kier alpha value is -1.95. The van der Waals surface area contributed by atoms with Gasteiger partial charge in [-0.15, -0.1) is 0 Å². The lowest BCUT2D eigenvalue weighted by molar-refractivity contribution is -0.904. The van der Waals surface area contributed by atoms with Crippen molar-refractivity contribution in [3.05, 3.63) is 33.4 Å². The van der Waals surface area contributed by atoms with Crippen LogP contribution in [0.3, 0.4) is 0 Å². The number of hydrogen-bond donors (Lipinski definition) is 2. The number of carbonyl (C=O) groups is 1. The molecule has 1 aromatic carbocycles. The van der Waals surface area contributed by atoms with E-state index in [2.05, 4.69) is 19.2 Å². The molecular formula is C17H26N3O3+. The number of anilines is 1. The molecule has 126 valence electrons. The van der Waals surface area contributed by atoms with Crippen LogP contribution in [0.2, 0.25) is 0 Å². The summed E-state index contributed by atoms with van der Waals surface area (Å²) in [6.07, 6.45) is 1.20. The van der Waals surface area contributed by atoms with Crippen LogP contribution in [0.1, 0.15) is 31.4 Å². The highest BCUT2D eigenvalue weighted by molar-refractivity contribution is 5.94. The Bertz CT molecular complexity index is 605. The third-order valence-corrected chi connectivity index (χ3v) is 4.57. The monoisotopic (exact) mass is 320 g/mol. The SMILES string of the molecule is Cc1cc(NC(=O)C[NH+]2C[C@H](C)C[C@@H](C)C2)c([N+](=O)[O-])cc1C. The van der Waals surface area contributed by atoms with Gasteiger partial charge in [-0.3, -0.25) is 14.9 Å². The van der Waals surface area contributed by atoms with Gasteiger partial charge in [-0.2, -0.15) is 0 Å². The Kier molecular flexibility index (Phi) is 5.36. The molecule has 23 heavy (non-hydrogen) atoms. The molecule has 2 rings (SSSR count). The number of rotatable bonds is 4. The molecule has 0 aromatic heterocycles. The largest absolute Gasteiger partial charge is 0.327 e. The van der Waals surface area contributed by atoms with Crippen LogP contribution in [0.25, 0.3) is 0 Å². The van der Waals surface area contributed by atoms with E-state index in [1.165, 1.54) is 17.4 Å². The third-order valence-electron chi connectivity index (χ3n) is 4.57. The molecule has 2 atom stereocenters. The van der Waals surface area contributed by atoms with Crippen molar-refractivity contribution in [2.75, 3.05) is 25.0 Å². The molecule has 1 amide bonds. The first-order valence-electron chi connectivity index (χ1n) is 8.15. The van der Waals surface area contributed by atoms with Gasteiger partial charge in [0.05, 0.1) is 18.0 Å². The van der Waals surface area contributed by atoms with Crippen molar-refractivity contribution >= 4 is 17.3 Å². The van der Waals surface area contributed by atoms with E-state index in [0.717, 1.165) is 24.2 Å². The number of aryl methyl sites for hydroxylation is 2.